The number of hydrogen-bond acceptors (Lipinski definition) is 5. The molecule has 3 rings (SSSR count). The third-order valence-electron chi connectivity index (χ3n) is 2.88. The molecule has 6 heteroatoms. The van der Waals surface area contributed by atoms with E-state index in [1.807, 2.05) is 0 Å². The summed E-state index contributed by atoms with van der Waals surface area (Å²) in [7, 11) is 0. The largest absolute Gasteiger partial charge is 0.378 e. The van der Waals surface area contributed by atoms with E-state index in [1.165, 1.54) is 0 Å². The number of aromatic nitrogens is 2. The lowest BCUT2D eigenvalue weighted by Gasteiger charge is -2.27. The van der Waals surface area contributed by atoms with Crippen LogP contribution in [0.15, 0.2) is 4.79 Å². The van der Waals surface area contributed by atoms with Crippen molar-refractivity contribution in [2.75, 3.05) is 31.2 Å². The van der Waals surface area contributed by atoms with E-state index >= 15 is 0 Å². The van der Waals surface area contributed by atoms with Gasteiger partial charge in [0.15, 0.2) is 0 Å². The standard InChI is InChI=1S/C10H13N3O2S/c14-9-7-5-16-6-8(7)11-10(12-9)13-1-3-15-4-2-13/h1-6H2,(H,11,12,14). The molecule has 0 bridgehead atoms. The smallest absolute Gasteiger partial charge is 0.256 e. The van der Waals surface area contributed by atoms with E-state index in [-0.39, 0.29) is 5.56 Å². The number of nitrogens with zero attached hydrogens (tertiary/aromatic N) is 2. The Hall–Kier alpha value is -1.01. The van der Waals surface area contributed by atoms with Crippen molar-refractivity contribution in [3.05, 3.63) is 21.6 Å². The normalized spacial score (nSPS) is 19.9. The van der Waals surface area contributed by atoms with Gasteiger partial charge in [0.25, 0.3) is 5.56 Å². The fourth-order valence-electron chi connectivity index (χ4n) is 1.97. The van der Waals surface area contributed by atoms with Gasteiger partial charge in [0.1, 0.15) is 0 Å². The van der Waals surface area contributed by atoms with E-state index in [4.69, 9.17) is 4.74 Å². The molecular formula is C10H13N3O2S. The number of hydrogen-bond donors (Lipinski definition) is 1. The van der Waals surface area contributed by atoms with Crippen molar-refractivity contribution in [1.29, 1.82) is 0 Å². The van der Waals surface area contributed by atoms with Crippen LogP contribution < -0.4 is 10.5 Å². The molecule has 16 heavy (non-hydrogen) atoms. The first-order chi connectivity index (χ1) is 7.84. The number of rotatable bonds is 1. The summed E-state index contributed by atoms with van der Waals surface area (Å²) in [5, 5.41) is 0. The van der Waals surface area contributed by atoms with Crippen molar-refractivity contribution in [2.24, 2.45) is 0 Å². The van der Waals surface area contributed by atoms with Crippen LogP contribution in [0.1, 0.15) is 11.3 Å². The highest BCUT2D eigenvalue weighted by molar-refractivity contribution is 7.98. The van der Waals surface area contributed by atoms with Crippen LogP contribution in [0, 0.1) is 0 Å². The predicted molar refractivity (Wildman–Crippen MR) is 62.9 cm³/mol. The van der Waals surface area contributed by atoms with Crippen molar-refractivity contribution < 1.29 is 4.74 Å². The zero-order valence-electron chi connectivity index (χ0n) is 8.86. The lowest BCUT2D eigenvalue weighted by atomic mass is 10.3. The highest BCUT2D eigenvalue weighted by atomic mass is 32.2. The number of H-pyrrole nitrogens is 1. The Morgan fingerprint density at radius 3 is 2.94 bits per heavy atom. The summed E-state index contributed by atoms with van der Waals surface area (Å²) < 4.78 is 5.28. The van der Waals surface area contributed by atoms with Gasteiger partial charge in [-0.25, -0.2) is 4.98 Å². The second kappa shape index (κ2) is 4.10. The number of thioether (sulfide) groups is 1. The second-order valence-corrected chi connectivity index (χ2v) is 4.89. The van der Waals surface area contributed by atoms with E-state index < -0.39 is 0 Å². The summed E-state index contributed by atoms with van der Waals surface area (Å²) >= 11 is 1.75. The molecule has 0 unspecified atom stereocenters. The molecule has 0 radical (unpaired) electrons. The van der Waals surface area contributed by atoms with Gasteiger partial charge in [-0.2, -0.15) is 11.8 Å². The monoisotopic (exact) mass is 239 g/mol. The van der Waals surface area contributed by atoms with Gasteiger partial charge < -0.3 is 9.64 Å². The quantitative estimate of drug-likeness (QED) is 0.766. The Labute approximate surface area is 97.2 Å². The maximum Gasteiger partial charge on any atom is 0.256 e. The van der Waals surface area contributed by atoms with Crippen molar-refractivity contribution in [3.8, 4) is 0 Å². The fraction of sp³-hybridized carbons (Fsp3) is 0.600. The van der Waals surface area contributed by atoms with Gasteiger partial charge >= 0.3 is 0 Å². The second-order valence-electron chi connectivity index (χ2n) is 3.91. The van der Waals surface area contributed by atoms with E-state index in [0.717, 1.165) is 35.9 Å². The minimum Gasteiger partial charge on any atom is -0.378 e. The zero-order valence-corrected chi connectivity index (χ0v) is 9.68. The van der Waals surface area contributed by atoms with E-state index in [9.17, 15) is 4.79 Å². The van der Waals surface area contributed by atoms with Crippen molar-refractivity contribution in [3.63, 3.8) is 0 Å². The highest BCUT2D eigenvalue weighted by Gasteiger charge is 2.20. The summed E-state index contributed by atoms with van der Waals surface area (Å²) in [6.45, 7) is 3.01. The van der Waals surface area contributed by atoms with Crippen LogP contribution >= 0.6 is 11.8 Å². The zero-order chi connectivity index (χ0) is 11.0. The molecule has 0 aromatic carbocycles. The Bertz CT molecular complexity index is 454. The molecule has 0 saturated carbocycles. The summed E-state index contributed by atoms with van der Waals surface area (Å²) in [5.74, 6) is 2.35. The fourth-order valence-corrected chi connectivity index (χ4v) is 3.01. The average molecular weight is 239 g/mol. The van der Waals surface area contributed by atoms with Crippen LogP contribution in [-0.4, -0.2) is 36.3 Å². The van der Waals surface area contributed by atoms with Crippen LogP contribution in [0.25, 0.3) is 0 Å². The van der Waals surface area contributed by atoms with Crippen LogP contribution in [0.3, 0.4) is 0 Å². The van der Waals surface area contributed by atoms with Gasteiger partial charge in [-0.15, -0.1) is 0 Å². The summed E-state index contributed by atoms with van der Waals surface area (Å²) in [5.41, 5.74) is 1.83. The molecule has 86 valence electrons. The first-order valence-electron chi connectivity index (χ1n) is 5.37. The molecular weight excluding hydrogens is 226 g/mol. The molecule has 1 fully saturated rings. The van der Waals surface area contributed by atoms with Gasteiger partial charge in [0.05, 0.1) is 18.9 Å². The molecule has 1 N–H and O–H groups in total. The van der Waals surface area contributed by atoms with Crippen molar-refractivity contribution in [1.82, 2.24) is 9.97 Å². The molecule has 1 aromatic heterocycles. The molecule has 0 amide bonds. The Kier molecular flexibility index (Phi) is 2.61. The molecule has 3 heterocycles. The van der Waals surface area contributed by atoms with Crippen LogP contribution in [0.4, 0.5) is 5.95 Å². The molecule has 5 nitrogen and oxygen atoms in total. The number of morpholine rings is 1. The van der Waals surface area contributed by atoms with E-state index in [2.05, 4.69) is 14.9 Å². The molecule has 1 aromatic rings. The maximum absolute atomic E-state index is 11.8. The molecule has 0 spiro atoms. The Morgan fingerprint density at radius 2 is 2.12 bits per heavy atom. The van der Waals surface area contributed by atoms with Gasteiger partial charge in [-0.05, 0) is 0 Å². The lowest BCUT2D eigenvalue weighted by molar-refractivity contribution is 0.122. The third-order valence-corrected chi connectivity index (χ3v) is 3.85. The number of aromatic amines is 1. The van der Waals surface area contributed by atoms with Crippen LogP contribution in [-0.2, 0) is 16.2 Å². The van der Waals surface area contributed by atoms with Crippen molar-refractivity contribution >= 4 is 17.7 Å². The molecule has 0 atom stereocenters. The van der Waals surface area contributed by atoms with Gasteiger partial charge in [0.2, 0.25) is 5.95 Å². The first kappa shape index (κ1) is 10.2. The van der Waals surface area contributed by atoms with Gasteiger partial charge in [-0.3, -0.25) is 9.78 Å². The third kappa shape index (κ3) is 1.72. The summed E-state index contributed by atoms with van der Waals surface area (Å²) in [6, 6.07) is 0. The topological polar surface area (TPSA) is 58.2 Å². The SMILES string of the molecule is O=c1[nH]c(N2CCOCC2)nc2c1CSC2. The average Bonchev–Trinajstić information content (AvgIpc) is 2.79. The lowest BCUT2D eigenvalue weighted by Crippen LogP contribution is -2.38. The molecule has 1 saturated heterocycles. The number of nitrogens with one attached hydrogen (secondary N) is 1. The minimum atomic E-state index is 0.0245. The van der Waals surface area contributed by atoms with E-state index in [0.29, 0.717) is 19.2 Å². The van der Waals surface area contributed by atoms with Gasteiger partial charge in [0, 0.05) is 30.2 Å². The maximum atomic E-state index is 11.8. The number of fused-ring (bicyclic) bond motifs is 1. The molecule has 2 aliphatic rings. The minimum absolute atomic E-state index is 0.0245. The highest BCUT2D eigenvalue weighted by Crippen LogP contribution is 2.26. The summed E-state index contributed by atoms with van der Waals surface area (Å²) in [6.07, 6.45) is 0. The molecule has 2 aliphatic heterocycles. The number of ether oxygens (including phenoxy) is 1. The Morgan fingerprint density at radius 1 is 1.31 bits per heavy atom. The van der Waals surface area contributed by atoms with Crippen LogP contribution in [0.2, 0.25) is 0 Å². The summed E-state index contributed by atoms with van der Waals surface area (Å²) in [4.78, 5) is 21.3. The Balaban J connectivity index is 1.96. The molecule has 0 aliphatic carbocycles. The number of anilines is 1. The van der Waals surface area contributed by atoms with E-state index in [1.54, 1.807) is 11.8 Å². The first-order valence-corrected chi connectivity index (χ1v) is 6.52. The van der Waals surface area contributed by atoms with Gasteiger partial charge in [-0.1, -0.05) is 0 Å². The predicted octanol–water partition coefficient (Wildman–Crippen LogP) is 0.353. The van der Waals surface area contributed by atoms with Crippen LogP contribution in [0.5, 0.6) is 0 Å². The van der Waals surface area contributed by atoms with Crippen molar-refractivity contribution in [2.45, 2.75) is 11.5 Å².